The van der Waals surface area contributed by atoms with Gasteiger partial charge in [-0.05, 0) is 100 Å². The number of carbonyl (C=O) groups excluding carboxylic acids is 5. The van der Waals surface area contributed by atoms with Gasteiger partial charge in [0.05, 0.1) is 28.7 Å². The number of rotatable bonds is 19. The largest absolute Gasteiger partial charge is 0.353 e. The Bertz CT molecular complexity index is 1710. The highest BCUT2D eigenvalue weighted by Gasteiger charge is 2.70. The molecule has 2 saturated heterocycles. The topological polar surface area (TPSA) is 189 Å². The molecule has 0 radical (unpaired) electrons. The van der Waals surface area contributed by atoms with Crippen LogP contribution in [0.15, 0.2) is 12.7 Å². The van der Waals surface area contributed by atoms with Crippen molar-refractivity contribution in [1.82, 2.24) is 26.2 Å². The number of hydrogen-bond donors (Lipinski definition) is 4. The maximum atomic E-state index is 15.1. The zero-order valence-corrected chi connectivity index (χ0v) is 37.7. The average Bonchev–Trinajstić information content (AvgIpc) is 4.08. The normalized spacial score (nSPS) is 28.0. The summed E-state index contributed by atoms with van der Waals surface area (Å²) < 4.78 is 38.8. The Hall–Kier alpha value is -3.04. The van der Waals surface area contributed by atoms with E-state index in [1.807, 2.05) is 6.92 Å². The maximum absolute atomic E-state index is 15.1. The number of sulfone groups is 1. The summed E-state index contributed by atoms with van der Waals surface area (Å²) >= 11 is 0. The van der Waals surface area contributed by atoms with Gasteiger partial charge in [-0.15, -0.1) is 6.58 Å². The molecule has 0 spiro atoms. The number of ether oxygens (including phenoxy) is 2. The molecule has 15 heteroatoms. The van der Waals surface area contributed by atoms with Crippen LogP contribution in [0.4, 0.5) is 4.79 Å². The lowest BCUT2D eigenvalue weighted by molar-refractivity contribution is -0.165. The van der Waals surface area contributed by atoms with Crippen molar-refractivity contribution in [3.8, 4) is 0 Å². The number of Topliss-reactive ketones (excluding diaryl/α,β-unsaturated/α-hetero) is 1. The fraction of sp³-hybridized carbons (Fsp3) is 0.844. The van der Waals surface area contributed by atoms with Crippen LogP contribution in [0.1, 0.15) is 144 Å². The number of hydrogen-bond acceptors (Lipinski definition) is 9. The van der Waals surface area contributed by atoms with Crippen LogP contribution in [0.2, 0.25) is 0 Å². The molecule has 4 aliphatic carbocycles. The highest BCUT2D eigenvalue weighted by Crippen LogP contribution is 2.65. The molecule has 6 fully saturated rings. The summed E-state index contributed by atoms with van der Waals surface area (Å²) in [6, 6.07) is -3.49. The number of amides is 5. The summed E-state index contributed by atoms with van der Waals surface area (Å²) in [5, 5.41) is 11.7. The molecule has 0 aromatic heterocycles. The van der Waals surface area contributed by atoms with Crippen molar-refractivity contribution in [2.75, 3.05) is 32.1 Å². The number of likely N-dealkylation sites (tertiary alicyclic amines) is 1. The smallest absolute Gasteiger partial charge is 0.315 e. The minimum Gasteiger partial charge on any atom is -0.353 e. The molecule has 2 aliphatic heterocycles. The van der Waals surface area contributed by atoms with Crippen LogP contribution in [0.5, 0.6) is 0 Å². The van der Waals surface area contributed by atoms with Gasteiger partial charge in [-0.3, -0.25) is 19.2 Å². The van der Waals surface area contributed by atoms with Gasteiger partial charge in [-0.2, -0.15) is 0 Å². The van der Waals surface area contributed by atoms with Crippen LogP contribution in [-0.4, -0.2) is 110 Å². The molecule has 6 atom stereocenters. The van der Waals surface area contributed by atoms with E-state index in [1.165, 1.54) is 6.08 Å². The summed E-state index contributed by atoms with van der Waals surface area (Å²) in [7, 11) is -3.81. The monoisotopic (exact) mass is 860 g/mol. The lowest BCUT2D eigenvalue weighted by atomic mass is 9.70. The second-order valence-corrected chi connectivity index (χ2v) is 23.2. The summed E-state index contributed by atoms with van der Waals surface area (Å²) in [5.74, 6) is -2.21. The molecule has 4 saturated carbocycles. The Morgan fingerprint density at radius 2 is 1.58 bits per heavy atom. The van der Waals surface area contributed by atoms with Gasteiger partial charge in [0.2, 0.25) is 17.6 Å². The third-order valence-corrected chi connectivity index (χ3v) is 17.8. The molecule has 338 valence electrons. The van der Waals surface area contributed by atoms with Crippen molar-refractivity contribution in [1.29, 1.82) is 0 Å². The second-order valence-electron chi connectivity index (χ2n) is 20.5. The van der Waals surface area contributed by atoms with E-state index in [9.17, 15) is 27.6 Å². The summed E-state index contributed by atoms with van der Waals surface area (Å²) in [4.78, 5) is 71.9. The van der Waals surface area contributed by atoms with Crippen LogP contribution in [0, 0.1) is 28.6 Å². The van der Waals surface area contributed by atoms with Crippen molar-refractivity contribution in [3.63, 3.8) is 0 Å². The first-order valence-corrected chi connectivity index (χ1v) is 24.6. The van der Waals surface area contributed by atoms with Crippen molar-refractivity contribution in [2.24, 2.45) is 28.6 Å². The van der Waals surface area contributed by atoms with E-state index in [-0.39, 0.29) is 42.1 Å². The van der Waals surface area contributed by atoms with Gasteiger partial charge in [0.1, 0.15) is 12.1 Å². The lowest BCUT2D eigenvalue weighted by Gasteiger charge is -2.44. The van der Waals surface area contributed by atoms with Gasteiger partial charge in [0, 0.05) is 19.7 Å². The zero-order chi connectivity index (χ0) is 43.5. The molecule has 4 N–H and O–H groups in total. The second kappa shape index (κ2) is 18.7. The van der Waals surface area contributed by atoms with E-state index in [0.29, 0.717) is 57.6 Å². The van der Waals surface area contributed by atoms with Crippen molar-refractivity contribution >= 4 is 39.4 Å². The number of piperidine rings is 1. The Labute approximate surface area is 358 Å². The van der Waals surface area contributed by atoms with Crippen LogP contribution >= 0.6 is 0 Å². The molecule has 5 amide bonds. The molecular formula is C45H73N5O9S. The van der Waals surface area contributed by atoms with Crippen molar-refractivity contribution in [2.45, 2.75) is 178 Å². The lowest BCUT2D eigenvalue weighted by Crippen LogP contribution is -2.65. The molecule has 2 unspecified atom stereocenters. The van der Waals surface area contributed by atoms with Gasteiger partial charge in [-0.25, -0.2) is 13.2 Å². The fourth-order valence-corrected chi connectivity index (χ4v) is 12.4. The quantitative estimate of drug-likeness (QED) is 0.101. The average molecular weight is 860 g/mol. The number of urea groups is 1. The Morgan fingerprint density at radius 3 is 2.20 bits per heavy atom. The standard InChI is InChI=1S/C45H73N5O9S/c1-7-25-46-39(53)36(51)32(20-19-30-17-18-30)47-38(52)35-34-31(43(34,4)5)27-50(35)40(54)37(44(6)21-11-8-12-22-44)48-41(55)49-45(23-13-9-14-24-45)29-60(56,57)42(2,3)28-59-33-16-10-15-26-58-33/h7,30-35,37H,1,8-29H2,2-6H3,(H,46,53)(H,47,52)(H2,48,49,55)/t31-,32?,33?,34-,35-,37+/m0/s1. The number of nitrogens with one attached hydrogen (secondary N) is 4. The molecular weight excluding hydrogens is 787 g/mol. The predicted molar refractivity (Wildman–Crippen MR) is 228 cm³/mol. The summed E-state index contributed by atoms with van der Waals surface area (Å²) in [6.07, 6.45) is 14.4. The molecule has 14 nitrogen and oxygen atoms in total. The third-order valence-electron chi connectivity index (χ3n) is 15.1. The van der Waals surface area contributed by atoms with Crippen LogP contribution in [-0.2, 0) is 38.5 Å². The van der Waals surface area contributed by atoms with Gasteiger partial charge >= 0.3 is 6.03 Å². The molecule has 0 bridgehead atoms. The van der Waals surface area contributed by atoms with E-state index >= 15 is 4.79 Å². The Balaban J connectivity index is 1.21. The number of fused-ring (bicyclic) bond motifs is 1. The highest BCUT2D eigenvalue weighted by molar-refractivity contribution is 7.92. The number of nitrogens with zero attached hydrogens (tertiary/aromatic N) is 1. The van der Waals surface area contributed by atoms with E-state index < -0.39 is 73.6 Å². The molecule has 0 aromatic carbocycles. The summed E-state index contributed by atoms with van der Waals surface area (Å²) in [5.41, 5.74) is -1.87. The van der Waals surface area contributed by atoms with Crippen LogP contribution in [0.3, 0.4) is 0 Å². The van der Waals surface area contributed by atoms with Crippen molar-refractivity contribution in [3.05, 3.63) is 12.7 Å². The predicted octanol–water partition coefficient (Wildman–Crippen LogP) is 5.09. The first-order chi connectivity index (χ1) is 28.3. The van der Waals surface area contributed by atoms with E-state index in [2.05, 4.69) is 41.7 Å². The van der Waals surface area contributed by atoms with Crippen LogP contribution in [0.25, 0.3) is 0 Å². The molecule has 2 heterocycles. The first-order valence-electron chi connectivity index (χ1n) is 22.9. The minimum atomic E-state index is -3.81. The summed E-state index contributed by atoms with van der Waals surface area (Å²) in [6.45, 7) is 14.1. The van der Waals surface area contributed by atoms with E-state index in [1.54, 1.807) is 18.7 Å². The van der Waals surface area contributed by atoms with E-state index in [0.717, 1.165) is 70.6 Å². The highest BCUT2D eigenvalue weighted by atomic mass is 32.2. The minimum absolute atomic E-state index is 0.0293. The van der Waals surface area contributed by atoms with Gasteiger partial charge in [0.25, 0.3) is 5.91 Å². The molecule has 60 heavy (non-hydrogen) atoms. The maximum Gasteiger partial charge on any atom is 0.315 e. The first kappa shape index (κ1) is 46.5. The zero-order valence-electron chi connectivity index (χ0n) is 36.9. The van der Waals surface area contributed by atoms with Gasteiger partial charge in [-0.1, -0.05) is 78.2 Å². The third kappa shape index (κ3) is 10.6. The molecule has 6 rings (SSSR count). The van der Waals surface area contributed by atoms with Gasteiger partial charge < -0.3 is 35.6 Å². The Kier molecular flexibility index (Phi) is 14.5. The fourth-order valence-electron chi connectivity index (χ4n) is 10.6. The SMILES string of the molecule is C=CCNC(=O)C(=O)C(CCC1CC1)NC(=O)[C@@H]1[C@@H]2[C@H](CN1C(=O)[C@@H](NC(=O)NC1(CS(=O)(=O)C(C)(C)COC3CCCCO3)CCCCC1)C1(C)CCCCC1)C2(C)C. The molecule has 0 aromatic rings. The number of carbonyl (C=O) groups is 5. The Morgan fingerprint density at radius 1 is 0.917 bits per heavy atom. The van der Waals surface area contributed by atoms with Gasteiger partial charge in [0.15, 0.2) is 16.1 Å². The number of ketones is 1. The van der Waals surface area contributed by atoms with Crippen LogP contribution < -0.4 is 21.3 Å². The van der Waals surface area contributed by atoms with Crippen molar-refractivity contribution < 1.29 is 41.9 Å². The van der Waals surface area contributed by atoms with E-state index in [4.69, 9.17) is 9.47 Å². The molecule has 6 aliphatic rings.